The third-order valence-electron chi connectivity index (χ3n) is 3.85. The molecule has 116 valence electrons. The molecule has 1 heterocycles. The van der Waals surface area contributed by atoms with Gasteiger partial charge >= 0.3 is 0 Å². The molecule has 2 rings (SSSR count). The van der Waals surface area contributed by atoms with Crippen LogP contribution in [0.25, 0.3) is 0 Å². The lowest BCUT2D eigenvalue weighted by atomic mass is 10.0. The Bertz CT molecular complexity index is 497. The summed E-state index contributed by atoms with van der Waals surface area (Å²) in [6.07, 6.45) is 3.11. The molecule has 1 amide bonds. The van der Waals surface area contributed by atoms with Crippen LogP contribution in [0.5, 0.6) is 11.5 Å². The zero-order chi connectivity index (χ0) is 15.4. The molecule has 0 radical (unpaired) electrons. The highest BCUT2D eigenvalue weighted by atomic mass is 79.9. The predicted molar refractivity (Wildman–Crippen MR) is 85.0 cm³/mol. The summed E-state index contributed by atoms with van der Waals surface area (Å²) in [6.45, 7) is 1.25. The second kappa shape index (κ2) is 7.13. The van der Waals surface area contributed by atoms with Gasteiger partial charge in [0.2, 0.25) is 0 Å². The average molecular weight is 357 g/mol. The summed E-state index contributed by atoms with van der Waals surface area (Å²) in [5.74, 6) is 1.15. The Morgan fingerprint density at radius 3 is 2.48 bits per heavy atom. The van der Waals surface area contributed by atoms with Crippen LogP contribution in [0.2, 0.25) is 0 Å². The summed E-state index contributed by atoms with van der Waals surface area (Å²) < 4.78 is 11.3. The molecular weight excluding hydrogens is 336 g/mol. The number of benzene rings is 1. The normalized spacial score (nSPS) is 18.5. The van der Waals surface area contributed by atoms with Crippen molar-refractivity contribution in [3.8, 4) is 11.5 Å². The molecule has 2 N–H and O–H groups in total. The minimum absolute atomic E-state index is 0.0192. The monoisotopic (exact) mass is 356 g/mol. The lowest BCUT2D eigenvalue weighted by molar-refractivity contribution is 0.0622. The van der Waals surface area contributed by atoms with Crippen LogP contribution in [0.1, 0.15) is 29.6 Å². The number of ether oxygens (including phenoxy) is 2. The maximum Gasteiger partial charge on any atom is 0.254 e. The summed E-state index contributed by atoms with van der Waals surface area (Å²) in [5, 5.41) is 0. The van der Waals surface area contributed by atoms with Gasteiger partial charge in [-0.15, -0.1) is 0 Å². The Hall–Kier alpha value is -1.27. The van der Waals surface area contributed by atoms with Crippen LogP contribution in [0.4, 0.5) is 0 Å². The van der Waals surface area contributed by atoms with Crippen molar-refractivity contribution < 1.29 is 14.3 Å². The summed E-state index contributed by atoms with van der Waals surface area (Å²) >= 11 is 3.41. The predicted octanol–water partition coefficient (Wildman–Crippen LogP) is 2.42. The van der Waals surface area contributed by atoms with Crippen LogP contribution in [0.3, 0.4) is 0 Å². The van der Waals surface area contributed by atoms with E-state index in [0.29, 0.717) is 28.1 Å². The van der Waals surface area contributed by atoms with Crippen LogP contribution in [0, 0.1) is 0 Å². The lowest BCUT2D eigenvalue weighted by Gasteiger charge is -2.35. The molecule has 6 heteroatoms. The van der Waals surface area contributed by atoms with Gasteiger partial charge in [0.25, 0.3) is 5.91 Å². The molecule has 1 saturated heterocycles. The van der Waals surface area contributed by atoms with Crippen molar-refractivity contribution in [2.45, 2.75) is 25.3 Å². The first-order chi connectivity index (χ1) is 10.1. The van der Waals surface area contributed by atoms with Crippen molar-refractivity contribution in [3.63, 3.8) is 0 Å². The molecule has 21 heavy (non-hydrogen) atoms. The highest BCUT2D eigenvalue weighted by Gasteiger charge is 2.27. The third kappa shape index (κ3) is 3.32. The standard InChI is InChI=1S/C15H21BrN2O3/c1-20-12-7-10(8-13(21-2)14(12)16)15(19)18-6-4-3-5-11(18)9-17/h7-8,11H,3-6,9,17H2,1-2H3. The van der Waals surface area contributed by atoms with Crippen molar-refractivity contribution in [1.29, 1.82) is 0 Å². The first kappa shape index (κ1) is 16.1. The minimum Gasteiger partial charge on any atom is -0.495 e. The first-order valence-electron chi connectivity index (χ1n) is 7.05. The van der Waals surface area contributed by atoms with Crippen LogP contribution in [0.15, 0.2) is 16.6 Å². The van der Waals surface area contributed by atoms with Gasteiger partial charge in [0.1, 0.15) is 16.0 Å². The van der Waals surface area contributed by atoms with Gasteiger partial charge < -0.3 is 20.1 Å². The summed E-state index contributed by atoms with van der Waals surface area (Å²) in [4.78, 5) is 14.6. The Morgan fingerprint density at radius 1 is 1.33 bits per heavy atom. The van der Waals surface area contributed by atoms with Crippen LogP contribution < -0.4 is 15.2 Å². The molecule has 1 aliphatic heterocycles. The van der Waals surface area contributed by atoms with Crippen LogP contribution in [-0.2, 0) is 0 Å². The zero-order valence-corrected chi connectivity index (χ0v) is 14.0. The first-order valence-corrected chi connectivity index (χ1v) is 7.84. The maximum absolute atomic E-state index is 12.8. The fourth-order valence-corrected chi connectivity index (χ4v) is 3.22. The molecule has 1 atom stereocenters. The van der Waals surface area contributed by atoms with Gasteiger partial charge in [-0.2, -0.15) is 0 Å². The third-order valence-corrected chi connectivity index (χ3v) is 4.63. The van der Waals surface area contributed by atoms with Gasteiger partial charge in [0.15, 0.2) is 0 Å². The molecule has 1 aromatic rings. The molecule has 0 spiro atoms. The van der Waals surface area contributed by atoms with Gasteiger partial charge in [-0.1, -0.05) is 0 Å². The van der Waals surface area contributed by atoms with Crippen molar-refractivity contribution in [3.05, 3.63) is 22.2 Å². The molecule has 0 saturated carbocycles. The fourth-order valence-electron chi connectivity index (χ4n) is 2.67. The quantitative estimate of drug-likeness (QED) is 0.899. The lowest BCUT2D eigenvalue weighted by Crippen LogP contribution is -2.47. The van der Waals surface area contributed by atoms with E-state index in [4.69, 9.17) is 15.2 Å². The number of carbonyl (C=O) groups is 1. The van der Waals surface area contributed by atoms with Crippen molar-refractivity contribution in [1.82, 2.24) is 4.90 Å². The minimum atomic E-state index is -0.0192. The SMILES string of the molecule is COc1cc(C(=O)N2CCCCC2CN)cc(OC)c1Br. The number of piperidine rings is 1. The highest BCUT2D eigenvalue weighted by molar-refractivity contribution is 9.10. The van der Waals surface area contributed by atoms with E-state index in [1.54, 1.807) is 26.4 Å². The van der Waals surface area contributed by atoms with E-state index in [1.807, 2.05) is 4.90 Å². The molecular formula is C15H21BrN2O3. The van der Waals surface area contributed by atoms with Crippen molar-refractivity contribution >= 4 is 21.8 Å². The number of halogens is 1. The van der Waals surface area contributed by atoms with Gasteiger partial charge in [-0.25, -0.2) is 0 Å². The van der Waals surface area contributed by atoms with Gasteiger partial charge in [-0.3, -0.25) is 4.79 Å². The topological polar surface area (TPSA) is 64.8 Å². The van der Waals surface area contributed by atoms with Crippen molar-refractivity contribution in [2.75, 3.05) is 27.3 Å². The number of likely N-dealkylation sites (tertiary alicyclic amines) is 1. The number of hydrogen-bond donors (Lipinski definition) is 1. The number of nitrogens with two attached hydrogens (primary N) is 1. The van der Waals surface area contributed by atoms with E-state index in [0.717, 1.165) is 25.8 Å². The smallest absolute Gasteiger partial charge is 0.254 e. The Kier molecular flexibility index (Phi) is 5.47. The second-order valence-corrected chi connectivity index (χ2v) is 5.87. The number of rotatable bonds is 4. The molecule has 1 aromatic carbocycles. The number of nitrogens with zero attached hydrogens (tertiary/aromatic N) is 1. The highest BCUT2D eigenvalue weighted by Crippen LogP contribution is 2.36. The van der Waals surface area contributed by atoms with Gasteiger partial charge in [-0.05, 0) is 47.3 Å². The van der Waals surface area contributed by atoms with Crippen molar-refractivity contribution in [2.24, 2.45) is 5.73 Å². The van der Waals surface area contributed by atoms with Crippen LogP contribution >= 0.6 is 15.9 Å². The second-order valence-electron chi connectivity index (χ2n) is 5.08. The molecule has 5 nitrogen and oxygen atoms in total. The molecule has 1 fully saturated rings. The Balaban J connectivity index is 2.33. The molecule has 0 aliphatic carbocycles. The Morgan fingerprint density at radius 2 is 1.95 bits per heavy atom. The fraction of sp³-hybridized carbons (Fsp3) is 0.533. The summed E-state index contributed by atoms with van der Waals surface area (Å²) in [6, 6.07) is 3.58. The maximum atomic E-state index is 12.8. The molecule has 0 aromatic heterocycles. The summed E-state index contributed by atoms with van der Waals surface area (Å²) in [5.41, 5.74) is 6.36. The van der Waals surface area contributed by atoms with E-state index in [9.17, 15) is 4.79 Å². The van der Waals surface area contributed by atoms with Gasteiger partial charge in [0, 0.05) is 24.7 Å². The van der Waals surface area contributed by atoms with E-state index < -0.39 is 0 Å². The van der Waals surface area contributed by atoms with E-state index in [1.165, 1.54) is 0 Å². The molecule has 1 unspecified atom stereocenters. The Labute approximate surface area is 133 Å². The number of methoxy groups -OCH3 is 2. The average Bonchev–Trinajstić information content (AvgIpc) is 2.54. The van der Waals surface area contributed by atoms with Gasteiger partial charge in [0.05, 0.1) is 14.2 Å². The van der Waals surface area contributed by atoms with E-state index >= 15 is 0 Å². The van der Waals surface area contributed by atoms with E-state index in [-0.39, 0.29) is 11.9 Å². The van der Waals surface area contributed by atoms with Crippen LogP contribution in [-0.4, -0.2) is 44.2 Å². The molecule has 1 aliphatic rings. The van der Waals surface area contributed by atoms with E-state index in [2.05, 4.69) is 15.9 Å². The number of amides is 1. The number of carbonyl (C=O) groups excluding carboxylic acids is 1. The summed E-state index contributed by atoms with van der Waals surface area (Å²) in [7, 11) is 3.13. The molecule has 0 bridgehead atoms. The largest absolute Gasteiger partial charge is 0.495 e. The zero-order valence-electron chi connectivity index (χ0n) is 12.4. The number of hydrogen-bond acceptors (Lipinski definition) is 4.